The molecule has 0 spiro atoms. The Labute approximate surface area is 175 Å². The van der Waals surface area contributed by atoms with Crippen molar-refractivity contribution in [1.82, 2.24) is 14.9 Å². The third kappa shape index (κ3) is 5.77. The van der Waals surface area contributed by atoms with Gasteiger partial charge < -0.3 is 10.0 Å². The number of unbranched alkanes of at least 4 members (excludes halogenated alkanes) is 1. The number of aromatic nitrogens is 2. The fraction of sp³-hybridized carbons (Fsp3) is 0.583. The molecule has 1 aromatic heterocycles. The first-order valence-corrected chi connectivity index (χ1v) is 11.0. The van der Waals surface area contributed by atoms with Crippen LogP contribution in [0.5, 0.6) is 0 Å². The highest BCUT2D eigenvalue weighted by atomic mass is 16.3. The molecule has 5 nitrogen and oxygen atoms in total. The second-order valence-corrected chi connectivity index (χ2v) is 8.35. The topological polar surface area (TPSA) is 52.5 Å². The molecule has 0 amide bonds. The third-order valence-corrected chi connectivity index (χ3v) is 5.96. The van der Waals surface area contributed by atoms with Gasteiger partial charge in [-0.2, -0.15) is 0 Å². The molecule has 0 saturated carbocycles. The van der Waals surface area contributed by atoms with E-state index in [1.165, 1.54) is 16.7 Å². The molecule has 3 rings (SSSR count). The van der Waals surface area contributed by atoms with Gasteiger partial charge in [0.2, 0.25) is 0 Å². The Morgan fingerprint density at radius 1 is 1.03 bits per heavy atom. The number of rotatable bonds is 8. The molecule has 1 aliphatic heterocycles. The molecule has 158 valence electrons. The minimum absolute atomic E-state index is 0.207. The third-order valence-electron chi connectivity index (χ3n) is 5.96. The fourth-order valence-corrected chi connectivity index (χ4v) is 4.16. The lowest BCUT2D eigenvalue weighted by atomic mass is 9.99. The Morgan fingerprint density at radius 2 is 1.76 bits per heavy atom. The first-order chi connectivity index (χ1) is 14.0. The fourth-order valence-electron chi connectivity index (χ4n) is 4.16. The lowest BCUT2D eigenvalue weighted by molar-refractivity contribution is 0.100. The van der Waals surface area contributed by atoms with Crippen LogP contribution in [-0.2, 0) is 6.42 Å². The van der Waals surface area contributed by atoms with E-state index in [0.29, 0.717) is 0 Å². The highest BCUT2D eigenvalue weighted by Crippen LogP contribution is 2.26. The number of hydrogen-bond acceptors (Lipinski definition) is 5. The molecule has 1 saturated heterocycles. The van der Waals surface area contributed by atoms with Gasteiger partial charge in [-0.3, -0.25) is 4.90 Å². The van der Waals surface area contributed by atoms with Crippen LogP contribution in [0.3, 0.4) is 0 Å². The van der Waals surface area contributed by atoms with Crippen LogP contribution >= 0.6 is 0 Å². The number of anilines is 1. The zero-order valence-electron chi connectivity index (χ0n) is 18.5. The second-order valence-electron chi connectivity index (χ2n) is 8.35. The summed E-state index contributed by atoms with van der Waals surface area (Å²) >= 11 is 0. The summed E-state index contributed by atoms with van der Waals surface area (Å²) < 4.78 is 0. The van der Waals surface area contributed by atoms with Gasteiger partial charge in [-0.1, -0.05) is 44.0 Å². The van der Waals surface area contributed by atoms with Crippen molar-refractivity contribution in [3.05, 3.63) is 52.5 Å². The number of β-amino-alcohol motifs (C(OH)–C–C–N with tert-alkyl or cyclic N) is 1. The predicted octanol–water partition coefficient (Wildman–Crippen LogP) is 3.67. The molecule has 0 bridgehead atoms. The molecule has 0 radical (unpaired) electrons. The largest absolute Gasteiger partial charge is 0.392 e. The number of nitrogens with zero attached hydrogens (tertiary/aromatic N) is 4. The number of aliphatic hydroxyl groups excluding tert-OH is 1. The van der Waals surface area contributed by atoms with Crippen molar-refractivity contribution >= 4 is 5.82 Å². The molecule has 2 aromatic rings. The maximum Gasteiger partial charge on any atom is 0.136 e. The van der Waals surface area contributed by atoms with Crippen LogP contribution in [0.25, 0.3) is 0 Å². The van der Waals surface area contributed by atoms with Crippen LogP contribution in [0.15, 0.2) is 24.3 Å². The van der Waals surface area contributed by atoms with E-state index in [0.717, 1.165) is 75.7 Å². The van der Waals surface area contributed by atoms with Gasteiger partial charge in [0.1, 0.15) is 11.6 Å². The molecule has 29 heavy (non-hydrogen) atoms. The maximum atomic E-state index is 10.2. The van der Waals surface area contributed by atoms with E-state index in [-0.39, 0.29) is 6.10 Å². The Hall–Kier alpha value is -1.98. The average Bonchev–Trinajstić information content (AvgIpc) is 2.70. The molecule has 1 aromatic carbocycles. The van der Waals surface area contributed by atoms with Crippen LogP contribution in [0.4, 0.5) is 5.82 Å². The van der Waals surface area contributed by atoms with Gasteiger partial charge in [0, 0.05) is 50.4 Å². The van der Waals surface area contributed by atoms with Gasteiger partial charge in [-0.15, -0.1) is 0 Å². The van der Waals surface area contributed by atoms with Gasteiger partial charge in [0.05, 0.1) is 6.10 Å². The van der Waals surface area contributed by atoms with E-state index < -0.39 is 0 Å². The number of piperazine rings is 1. The molecule has 5 heteroatoms. The zero-order chi connectivity index (χ0) is 20.8. The zero-order valence-corrected chi connectivity index (χ0v) is 18.5. The minimum Gasteiger partial charge on any atom is -0.392 e. The van der Waals surface area contributed by atoms with E-state index in [1.807, 2.05) is 6.92 Å². The van der Waals surface area contributed by atoms with Crippen molar-refractivity contribution in [3.63, 3.8) is 0 Å². The summed E-state index contributed by atoms with van der Waals surface area (Å²) in [5.74, 6) is 1.92. The van der Waals surface area contributed by atoms with Crippen LogP contribution in [0.1, 0.15) is 54.4 Å². The Bertz CT molecular complexity index is 799. The monoisotopic (exact) mass is 396 g/mol. The number of aliphatic hydroxyl groups is 1. The van der Waals surface area contributed by atoms with Crippen LogP contribution < -0.4 is 4.90 Å². The average molecular weight is 397 g/mol. The Balaban J connectivity index is 1.72. The first kappa shape index (κ1) is 21.7. The summed E-state index contributed by atoms with van der Waals surface area (Å²) in [6.45, 7) is 13.0. The molecule has 0 aliphatic carbocycles. The van der Waals surface area contributed by atoms with Gasteiger partial charge in [0.25, 0.3) is 0 Å². The summed E-state index contributed by atoms with van der Waals surface area (Å²) in [6, 6.07) is 8.57. The van der Waals surface area contributed by atoms with E-state index >= 15 is 0 Å². The standard InChI is InChI=1S/C24H36N4O/c1-5-6-11-22(29)17-27-12-14-28(15-13-27)24-23(19(3)25-20(4)26-24)16-21-10-8-7-9-18(21)2/h7-10,22,29H,5-6,11-17H2,1-4H3. The number of benzene rings is 1. The summed E-state index contributed by atoms with van der Waals surface area (Å²) in [6.07, 6.45) is 3.80. The predicted molar refractivity (Wildman–Crippen MR) is 120 cm³/mol. The highest BCUT2D eigenvalue weighted by molar-refractivity contribution is 5.52. The van der Waals surface area contributed by atoms with Crippen LogP contribution in [0.2, 0.25) is 0 Å². The van der Waals surface area contributed by atoms with Gasteiger partial charge in [-0.05, 0) is 38.3 Å². The molecule has 1 atom stereocenters. The highest BCUT2D eigenvalue weighted by Gasteiger charge is 2.23. The van der Waals surface area contributed by atoms with Crippen LogP contribution in [0, 0.1) is 20.8 Å². The maximum absolute atomic E-state index is 10.2. The van der Waals surface area contributed by atoms with E-state index in [1.54, 1.807) is 0 Å². The van der Waals surface area contributed by atoms with E-state index in [2.05, 4.69) is 59.8 Å². The SMILES string of the molecule is CCCCC(O)CN1CCN(c2nc(C)nc(C)c2Cc2ccccc2C)CC1. The molecule has 2 heterocycles. The van der Waals surface area contributed by atoms with Crippen molar-refractivity contribution in [2.24, 2.45) is 0 Å². The summed E-state index contributed by atoms with van der Waals surface area (Å²) in [4.78, 5) is 14.3. The van der Waals surface area contributed by atoms with Crippen molar-refractivity contribution in [2.45, 2.75) is 59.5 Å². The van der Waals surface area contributed by atoms with E-state index in [9.17, 15) is 5.11 Å². The number of hydrogen-bond donors (Lipinski definition) is 1. The van der Waals surface area contributed by atoms with Crippen molar-refractivity contribution < 1.29 is 5.11 Å². The van der Waals surface area contributed by atoms with Crippen LogP contribution in [-0.4, -0.2) is 58.8 Å². The summed E-state index contributed by atoms with van der Waals surface area (Å²) in [5, 5.41) is 10.2. The quantitative estimate of drug-likeness (QED) is 0.738. The molecular weight excluding hydrogens is 360 g/mol. The van der Waals surface area contributed by atoms with E-state index in [4.69, 9.17) is 4.98 Å². The van der Waals surface area contributed by atoms with Gasteiger partial charge in [-0.25, -0.2) is 9.97 Å². The molecule has 1 aliphatic rings. The second kappa shape index (κ2) is 10.2. The molecule has 1 unspecified atom stereocenters. The molecular formula is C24H36N4O. The molecule has 1 N–H and O–H groups in total. The molecule has 1 fully saturated rings. The Kier molecular flexibility index (Phi) is 7.62. The Morgan fingerprint density at radius 3 is 2.45 bits per heavy atom. The summed E-state index contributed by atoms with van der Waals surface area (Å²) in [7, 11) is 0. The summed E-state index contributed by atoms with van der Waals surface area (Å²) in [5.41, 5.74) is 4.96. The van der Waals surface area contributed by atoms with Crippen molar-refractivity contribution in [1.29, 1.82) is 0 Å². The minimum atomic E-state index is -0.207. The smallest absolute Gasteiger partial charge is 0.136 e. The lowest BCUT2D eigenvalue weighted by Crippen LogP contribution is -2.49. The van der Waals surface area contributed by atoms with Gasteiger partial charge >= 0.3 is 0 Å². The van der Waals surface area contributed by atoms with Crippen molar-refractivity contribution in [3.8, 4) is 0 Å². The van der Waals surface area contributed by atoms with Gasteiger partial charge in [0.15, 0.2) is 0 Å². The normalized spacial score (nSPS) is 16.2. The lowest BCUT2D eigenvalue weighted by Gasteiger charge is -2.37. The number of aryl methyl sites for hydroxylation is 3. The first-order valence-electron chi connectivity index (χ1n) is 11.0. The van der Waals surface area contributed by atoms with Crippen molar-refractivity contribution in [2.75, 3.05) is 37.6 Å².